The van der Waals surface area contributed by atoms with Crippen molar-refractivity contribution in [3.05, 3.63) is 0 Å². The van der Waals surface area contributed by atoms with Gasteiger partial charge in [-0.25, -0.2) is 4.79 Å². The minimum atomic E-state index is -0.889. The van der Waals surface area contributed by atoms with E-state index in [1.54, 1.807) is 4.90 Å². The highest BCUT2D eigenvalue weighted by atomic mass is 16.4. The molecule has 1 aliphatic rings. The lowest BCUT2D eigenvalue weighted by molar-refractivity contribution is -0.136. The number of hydrogen-bond donors (Lipinski definition) is 2. The molecule has 104 valence electrons. The van der Waals surface area contributed by atoms with Gasteiger partial charge in [0, 0.05) is 26.2 Å². The van der Waals surface area contributed by atoms with Gasteiger partial charge in [0.05, 0.1) is 6.42 Å². The average molecular weight is 257 g/mol. The third-order valence-corrected chi connectivity index (χ3v) is 3.14. The average Bonchev–Trinajstić information content (AvgIpc) is 2.28. The molecule has 0 spiro atoms. The Morgan fingerprint density at radius 3 is 2.44 bits per heavy atom. The lowest BCUT2D eigenvalue weighted by Gasteiger charge is -2.33. The normalized spacial score (nSPS) is 16.9. The summed E-state index contributed by atoms with van der Waals surface area (Å²) < 4.78 is 0. The van der Waals surface area contributed by atoms with Crippen LogP contribution in [0.15, 0.2) is 0 Å². The van der Waals surface area contributed by atoms with Crippen LogP contribution in [-0.4, -0.2) is 67.2 Å². The molecule has 0 saturated carbocycles. The maximum Gasteiger partial charge on any atom is 0.317 e. The number of amides is 2. The van der Waals surface area contributed by atoms with E-state index in [1.807, 2.05) is 0 Å². The second-order valence-electron chi connectivity index (χ2n) is 5.07. The largest absolute Gasteiger partial charge is 0.481 e. The number of rotatable bonds is 5. The molecule has 0 aliphatic carbocycles. The quantitative estimate of drug-likeness (QED) is 0.750. The summed E-state index contributed by atoms with van der Waals surface area (Å²) in [6.07, 6.45) is 2.01. The molecule has 0 bridgehead atoms. The van der Waals surface area contributed by atoms with Crippen molar-refractivity contribution in [3.8, 4) is 0 Å². The van der Waals surface area contributed by atoms with Crippen molar-refractivity contribution in [2.75, 3.05) is 40.3 Å². The summed E-state index contributed by atoms with van der Waals surface area (Å²) in [6, 6.07) is -0.139. The molecule has 2 N–H and O–H groups in total. The van der Waals surface area contributed by atoms with Crippen LogP contribution in [0.3, 0.4) is 0 Å². The zero-order valence-electron chi connectivity index (χ0n) is 11.2. The van der Waals surface area contributed by atoms with Gasteiger partial charge in [0.1, 0.15) is 0 Å². The summed E-state index contributed by atoms with van der Waals surface area (Å²) in [5, 5.41) is 11.1. The second-order valence-corrected chi connectivity index (χ2v) is 5.07. The Morgan fingerprint density at radius 1 is 1.33 bits per heavy atom. The van der Waals surface area contributed by atoms with Crippen molar-refractivity contribution >= 4 is 12.0 Å². The number of carboxylic acid groups (broad SMARTS) is 1. The van der Waals surface area contributed by atoms with Gasteiger partial charge in [0.2, 0.25) is 0 Å². The van der Waals surface area contributed by atoms with Crippen molar-refractivity contribution in [2.45, 2.75) is 19.3 Å². The molecule has 1 saturated heterocycles. The van der Waals surface area contributed by atoms with Gasteiger partial charge in [-0.1, -0.05) is 0 Å². The fourth-order valence-electron chi connectivity index (χ4n) is 2.22. The third kappa shape index (κ3) is 5.35. The lowest BCUT2D eigenvalue weighted by Crippen LogP contribution is -2.46. The van der Waals surface area contributed by atoms with Crippen LogP contribution in [0.2, 0.25) is 0 Å². The number of nitrogens with zero attached hydrogens (tertiary/aromatic N) is 2. The molecule has 1 rings (SSSR count). The molecule has 0 atom stereocenters. The number of carbonyl (C=O) groups excluding carboxylic acids is 1. The Bertz CT molecular complexity index is 286. The van der Waals surface area contributed by atoms with E-state index in [1.165, 1.54) is 0 Å². The minimum absolute atomic E-state index is 0.0250. The molecule has 0 aromatic rings. The maximum absolute atomic E-state index is 11.7. The molecule has 0 radical (unpaired) electrons. The van der Waals surface area contributed by atoms with E-state index >= 15 is 0 Å². The smallest absolute Gasteiger partial charge is 0.317 e. The molecular formula is C12H23N3O3. The first kappa shape index (κ1) is 14.8. The van der Waals surface area contributed by atoms with E-state index < -0.39 is 5.97 Å². The van der Waals surface area contributed by atoms with Gasteiger partial charge in [-0.05, 0) is 32.9 Å². The molecule has 6 nitrogen and oxygen atoms in total. The number of piperidine rings is 1. The molecule has 1 fully saturated rings. The molecule has 1 aliphatic heterocycles. The fourth-order valence-corrected chi connectivity index (χ4v) is 2.22. The first-order chi connectivity index (χ1) is 8.49. The van der Waals surface area contributed by atoms with Gasteiger partial charge in [0.25, 0.3) is 0 Å². The first-order valence-electron chi connectivity index (χ1n) is 6.38. The standard InChI is InChI=1S/C12H23N3O3/c1-14(2)9-10-4-7-15(8-5-10)12(18)13-6-3-11(16)17/h10H,3-9H2,1-2H3,(H,13,18)(H,16,17). The van der Waals surface area contributed by atoms with Gasteiger partial charge < -0.3 is 20.2 Å². The van der Waals surface area contributed by atoms with Crippen LogP contribution >= 0.6 is 0 Å². The molecule has 6 heteroatoms. The van der Waals surface area contributed by atoms with Crippen LogP contribution in [0.1, 0.15) is 19.3 Å². The fraction of sp³-hybridized carbons (Fsp3) is 0.833. The zero-order chi connectivity index (χ0) is 13.5. The highest BCUT2D eigenvalue weighted by Gasteiger charge is 2.22. The summed E-state index contributed by atoms with van der Waals surface area (Å²) in [4.78, 5) is 26.0. The summed E-state index contributed by atoms with van der Waals surface area (Å²) in [7, 11) is 4.12. The van der Waals surface area contributed by atoms with E-state index in [-0.39, 0.29) is 19.0 Å². The van der Waals surface area contributed by atoms with Crippen molar-refractivity contribution in [1.82, 2.24) is 15.1 Å². The number of likely N-dealkylation sites (tertiary alicyclic amines) is 1. The van der Waals surface area contributed by atoms with Gasteiger partial charge in [-0.3, -0.25) is 4.79 Å². The van der Waals surface area contributed by atoms with Crippen molar-refractivity contribution in [2.24, 2.45) is 5.92 Å². The lowest BCUT2D eigenvalue weighted by atomic mass is 9.97. The van der Waals surface area contributed by atoms with Gasteiger partial charge in [0.15, 0.2) is 0 Å². The Morgan fingerprint density at radius 2 is 1.94 bits per heavy atom. The minimum Gasteiger partial charge on any atom is -0.481 e. The van der Waals surface area contributed by atoms with Crippen LogP contribution in [0.5, 0.6) is 0 Å². The molecule has 0 aromatic heterocycles. The van der Waals surface area contributed by atoms with Gasteiger partial charge >= 0.3 is 12.0 Å². The maximum atomic E-state index is 11.7. The number of urea groups is 1. The Balaban J connectivity index is 2.21. The topological polar surface area (TPSA) is 72.9 Å². The van der Waals surface area contributed by atoms with Gasteiger partial charge in [-0.15, -0.1) is 0 Å². The van der Waals surface area contributed by atoms with E-state index in [9.17, 15) is 9.59 Å². The van der Waals surface area contributed by atoms with E-state index in [2.05, 4.69) is 24.3 Å². The van der Waals surface area contributed by atoms with E-state index in [0.29, 0.717) is 5.92 Å². The van der Waals surface area contributed by atoms with Crippen LogP contribution in [-0.2, 0) is 4.79 Å². The highest BCUT2D eigenvalue weighted by molar-refractivity contribution is 5.75. The van der Waals surface area contributed by atoms with Crippen LogP contribution < -0.4 is 5.32 Å². The molecule has 0 aromatic carbocycles. The van der Waals surface area contributed by atoms with Crippen molar-refractivity contribution in [3.63, 3.8) is 0 Å². The van der Waals surface area contributed by atoms with Crippen molar-refractivity contribution in [1.29, 1.82) is 0 Å². The Labute approximate surface area is 108 Å². The monoisotopic (exact) mass is 257 g/mol. The van der Waals surface area contributed by atoms with Gasteiger partial charge in [-0.2, -0.15) is 0 Å². The number of carboxylic acids is 1. The van der Waals surface area contributed by atoms with E-state index in [0.717, 1.165) is 32.5 Å². The van der Waals surface area contributed by atoms with Crippen LogP contribution in [0.4, 0.5) is 4.79 Å². The summed E-state index contributed by atoms with van der Waals surface area (Å²) in [5.41, 5.74) is 0. The summed E-state index contributed by atoms with van der Waals surface area (Å²) in [5.74, 6) is -0.233. The van der Waals surface area contributed by atoms with E-state index in [4.69, 9.17) is 5.11 Å². The van der Waals surface area contributed by atoms with Crippen LogP contribution in [0, 0.1) is 5.92 Å². The van der Waals surface area contributed by atoms with Crippen LogP contribution in [0.25, 0.3) is 0 Å². The number of aliphatic carboxylic acids is 1. The second kappa shape index (κ2) is 7.20. The number of nitrogens with one attached hydrogen (secondary N) is 1. The Kier molecular flexibility index (Phi) is 5.91. The zero-order valence-corrected chi connectivity index (χ0v) is 11.2. The molecule has 1 heterocycles. The predicted octanol–water partition coefficient (Wildman–Crippen LogP) is 0.444. The molecule has 2 amide bonds. The predicted molar refractivity (Wildman–Crippen MR) is 68.5 cm³/mol. The summed E-state index contributed by atoms with van der Waals surface area (Å²) in [6.45, 7) is 2.79. The first-order valence-corrected chi connectivity index (χ1v) is 6.38. The molecule has 0 unspecified atom stereocenters. The van der Waals surface area contributed by atoms with Crippen molar-refractivity contribution < 1.29 is 14.7 Å². The molecular weight excluding hydrogens is 234 g/mol. The number of carbonyl (C=O) groups is 2. The Hall–Kier alpha value is -1.30. The third-order valence-electron chi connectivity index (χ3n) is 3.14. The SMILES string of the molecule is CN(C)CC1CCN(C(=O)NCCC(=O)O)CC1. The highest BCUT2D eigenvalue weighted by Crippen LogP contribution is 2.17. The number of hydrogen-bond acceptors (Lipinski definition) is 3. The summed E-state index contributed by atoms with van der Waals surface area (Å²) >= 11 is 0. The molecule has 18 heavy (non-hydrogen) atoms.